The van der Waals surface area contributed by atoms with Crippen LogP contribution < -0.4 is 5.32 Å². The largest absolute Gasteiger partial charge is 0.481 e. The number of nitrogens with one attached hydrogen (secondary N) is 1. The molecule has 2 N–H and O–H groups in total. The zero-order chi connectivity index (χ0) is 14.6. The van der Waals surface area contributed by atoms with Gasteiger partial charge in [-0.2, -0.15) is 5.26 Å². The number of anilines is 1. The van der Waals surface area contributed by atoms with Gasteiger partial charge in [0.1, 0.15) is 5.69 Å². The van der Waals surface area contributed by atoms with E-state index in [1.165, 1.54) is 0 Å². The Morgan fingerprint density at radius 1 is 1.42 bits per heavy atom. The summed E-state index contributed by atoms with van der Waals surface area (Å²) in [7, 11) is 0. The molecule has 102 valence electrons. The lowest BCUT2D eigenvalue weighted by atomic mass is 9.97. The van der Waals surface area contributed by atoms with Gasteiger partial charge < -0.3 is 10.4 Å². The van der Waals surface area contributed by atoms with Crippen LogP contribution in [0.1, 0.15) is 32.3 Å². The number of carboxylic acids is 1. The maximum absolute atomic E-state index is 13.7. The van der Waals surface area contributed by atoms with Crippen LogP contribution in [0.5, 0.6) is 0 Å². The van der Waals surface area contributed by atoms with E-state index in [1.807, 2.05) is 0 Å². The molecule has 0 aliphatic heterocycles. The van der Waals surface area contributed by atoms with Gasteiger partial charge in [-0.1, -0.05) is 0 Å². The molecule has 0 saturated heterocycles. The molecule has 0 heterocycles. The van der Waals surface area contributed by atoms with Gasteiger partial charge in [0.15, 0.2) is 11.6 Å². The Hall–Kier alpha value is -2.16. The number of aliphatic carboxylic acids is 1. The van der Waals surface area contributed by atoms with E-state index in [0.29, 0.717) is 0 Å². The first kappa shape index (κ1) is 14.9. The number of carbonyl (C=O) groups is 1. The van der Waals surface area contributed by atoms with Crippen LogP contribution in [-0.2, 0) is 4.79 Å². The van der Waals surface area contributed by atoms with E-state index in [2.05, 4.69) is 5.32 Å². The third-order valence-electron chi connectivity index (χ3n) is 2.60. The predicted molar refractivity (Wildman–Crippen MR) is 65.6 cm³/mol. The standard InChI is InChI=1S/C13H14F2N2O2/c1-13(2,4-3-11(18)19)17-12-9(14)5-8(7-16)6-10(12)15/h5-6,17H,3-4H2,1-2H3,(H,18,19). The third-order valence-corrected chi connectivity index (χ3v) is 2.60. The first-order chi connectivity index (χ1) is 8.75. The number of hydrogen-bond donors (Lipinski definition) is 2. The Balaban J connectivity index is 2.93. The van der Waals surface area contributed by atoms with Crippen LogP contribution in [-0.4, -0.2) is 16.6 Å². The molecule has 1 aromatic carbocycles. The first-order valence-corrected chi connectivity index (χ1v) is 5.64. The molecule has 0 bridgehead atoms. The number of rotatable bonds is 5. The molecule has 0 spiro atoms. The number of hydrogen-bond acceptors (Lipinski definition) is 3. The summed E-state index contributed by atoms with van der Waals surface area (Å²) in [4.78, 5) is 10.5. The maximum Gasteiger partial charge on any atom is 0.303 e. The van der Waals surface area contributed by atoms with Crippen molar-refractivity contribution < 1.29 is 18.7 Å². The highest BCUT2D eigenvalue weighted by Gasteiger charge is 2.22. The summed E-state index contributed by atoms with van der Waals surface area (Å²) in [6.07, 6.45) is 0.0979. The predicted octanol–water partition coefficient (Wildman–Crippen LogP) is 2.89. The van der Waals surface area contributed by atoms with Gasteiger partial charge in [-0.3, -0.25) is 4.79 Å². The number of carboxylic acid groups (broad SMARTS) is 1. The Morgan fingerprint density at radius 3 is 2.37 bits per heavy atom. The number of nitriles is 1. The number of nitrogens with zero attached hydrogens (tertiary/aromatic N) is 1. The minimum atomic E-state index is -0.976. The Morgan fingerprint density at radius 2 is 1.95 bits per heavy atom. The molecule has 0 fully saturated rings. The molecule has 0 atom stereocenters. The van der Waals surface area contributed by atoms with Crippen molar-refractivity contribution in [2.24, 2.45) is 0 Å². The Labute approximate surface area is 109 Å². The van der Waals surface area contributed by atoms with Crippen molar-refractivity contribution in [1.29, 1.82) is 5.26 Å². The summed E-state index contributed by atoms with van der Waals surface area (Å²) in [5, 5.41) is 19.8. The molecule has 0 aliphatic rings. The van der Waals surface area contributed by atoms with E-state index in [9.17, 15) is 13.6 Å². The molecule has 0 radical (unpaired) electrons. The molecule has 0 unspecified atom stereocenters. The maximum atomic E-state index is 13.7. The molecule has 4 nitrogen and oxygen atoms in total. The summed E-state index contributed by atoms with van der Waals surface area (Å²) in [6, 6.07) is 3.51. The lowest BCUT2D eigenvalue weighted by molar-refractivity contribution is -0.137. The summed E-state index contributed by atoms with van der Waals surface area (Å²) < 4.78 is 27.3. The second kappa shape index (κ2) is 5.65. The number of benzene rings is 1. The SMILES string of the molecule is CC(C)(CCC(=O)O)Nc1c(F)cc(C#N)cc1F. The highest BCUT2D eigenvalue weighted by atomic mass is 19.1. The summed E-state index contributed by atoms with van der Waals surface area (Å²) in [6.45, 7) is 3.29. The van der Waals surface area contributed by atoms with Gasteiger partial charge in [0.05, 0.1) is 11.6 Å². The second-order valence-electron chi connectivity index (χ2n) is 4.83. The monoisotopic (exact) mass is 268 g/mol. The van der Waals surface area contributed by atoms with Crippen molar-refractivity contribution in [1.82, 2.24) is 0 Å². The van der Waals surface area contributed by atoms with Crippen molar-refractivity contribution in [2.45, 2.75) is 32.2 Å². The Kier molecular flexibility index (Phi) is 4.43. The highest BCUT2D eigenvalue weighted by Crippen LogP contribution is 2.26. The van der Waals surface area contributed by atoms with E-state index in [4.69, 9.17) is 10.4 Å². The quantitative estimate of drug-likeness (QED) is 0.861. The van der Waals surface area contributed by atoms with Crippen molar-refractivity contribution in [3.8, 4) is 6.07 Å². The van der Waals surface area contributed by atoms with Crippen molar-refractivity contribution in [2.75, 3.05) is 5.32 Å². The van der Waals surface area contributed by atoms with Gasteiger partial charge in [0, 0.05) is 12.0 Å². The van der Waals surface area contributed by atoms with Crippen LogP contribution in [0.2, 0.25) is 0 Å². The second-order valence-corrected chi connectivity index (χ2v) is 4.83. The molecular weight excluding hydrogens is 254 g/mol. The Bertz CT molecular complexity index is 513. The van der Waals surface area contributed by atoms with E-state index >= 15 is 0 Å². The van der Waals surface area contributed by atoms with Gasteiger partial charge in [-0.25, -0.2) is 8.78 Å². The van der Waals surface area contributed by atoms with Gasteiger partial charge >= 0.3 is 5.97 Å². The van der Waals surface area contributed by atoms with Crippen LogP contribution >= 0.6 is 0 Å². The minimum absolute atomic E-state index is 0.108. The molecule has 0 amide bonds. The smallest absolute Gasteiger partial charge is 0.303 e. The van der Waals surface area contributed by atoms with Crippen LogP contribution in [0.4, 0.5) is 14.5 Å². The lowest BCUT2D eigenvalue weighted by Crippen LogP contribution is -2.32. The summed E-state index contributed by atoms with van der Waals surface area (Å²) in [5.41, 5.74) is -1.24. The van der Waals surface area contributed by atoms with Crippen LogP contribution in [0.25, 0.3) is 0 Å². The summed E-state index contributed by atoms with van der Waals surface area (Å²) >= 11 is 0. The van der Waals surface area contributed by atoms with Gasteiger partial charge in [0.2, 0.25) is 0 Å². The average molecular weight is 268 g/mol. The summed E-state index contributed by atoms with van der Waals surface area (Å²) in [5.74, 6) is -2.73. The molecule has 0 saturated carbocycles. The molecule has 6 heteroatoms. The van der Waals surface area contributed by atoms with Gasteiger partial charge in [-0.15, -0.1) is 0 Å². The minimum Gasteiger partial charge on any atom is -0.481 e. The molecular formula is C13H14F2N2O2. The topological polar surface area (TPSA) is 73.1 Å². The van der Waals surface area contributed by atoms with Crippen LogP contribution in [0, 0.1) is 23.0 Å². The molecule has 1 aromatic rings. The fourth-order valence-electron chi connectivity index (χ4n) is 1.58. The fourth-order valence-corrected chi connectivity index (χ4v) is 1.58. The first-order valence-electron chi connectivity index (χ1n) is 5.64. The van der Waals surface area contributed by atoms with Crippen molar-refractivity contribution in [3.05, 3.63) is 29.3 Å². The highest BCUT2D eigenvalue weighted by molar-refractivity contribution is 5.67. The van der Waals surface area contributed by atoms with Crippen LogP contribution in [0.3, 0.4) is 0 Å². The van der Waals surface area contributed by atoms with E-state index in [0.717, 1.165) is 12.1 Å². The normalized spacial score (nSPS) is 10.9. The lowest BCUT2D eigenvalue weighted by Gasteiger charge is -2.27. The average Bonchev–Trinajstić information content (AvgIpc) is 2.31. The molecule has 0 aliphatic carbocycles. The third kappa shape index (κ3) is 4.21. The molecule has 19 heavy (non-hydrogen) atoms. The van der Waals surface area contributed by atoms with E-state index < -0.39 is 23.1 Å². The fraction of sp³-hybridized carbons (Fsp3) is 0.385. The number of halogens is 2. The van der Waals surface area contributed by atoms with Crippen molar-refractivity contribution in [3.63, 3.8) is 0 Å². The van der Waals surface area contributed by atoms with Gasteiger partial charge in [0.25, 0.3) is 0 Å². The molecule has 1 rings (SSSR count). The zero-order valence-electron chi connectivity index (χ0n) is 10.6. The van der Waals surface area contributed by atoms with E-state index in [-0.39, 0.29) is 24.1 Å². The van der Waals surface area contributed by atoms with Crippen LogP contribution in [0.15, 0.2) is 12.1 Å². The van der Waals surface area contributed by atoms with Gasteiger partial charge in [-0.05, 0) is 32.4 Å². The van der Waals surface area contributed by atoms with E-state index in [1.54, 1.807) is 19.9 Å². The molecule has 0 aromatic heterocycles. The zero-order valence-corrected chi connectivity index (χ0v) is 10.6. The van der Waals surface area contributed by atoms with Crippen molar-refractivity contribution >= 4 is 11.7 Å².